The molecule has 1 atom stereocenters. The summed E-state index contributed by atoms with van der Waals surface area (Å²) in [5.74, 6) is -2.42. The van der Waals surface area contributed by atoms with Crippen LogP contribution < -0.4 is 5.32 Å². The van der Waals surface area contributed by atoms with E-state index in [-0.39, 0.29) is 28.8 Å². The lowest BCUT2D eigenvalue weighted by molar-refractivity contribution is -0.306. The first-order chi connectivity index (χ1) is 15.2. The van der Waals surface area contributed by atoms with Crippen LogP contribution in [-0.2, 0) is 26.7 Å². The number of hydrogen-bond donors (Lipinski definition) is 2. The third-order valence-electron chi connectivity index (χ3n) is 5.04. The Labute approximate surface area is 184 Å². The lowest BCUT2D eigenvalue weighted by Crippen LogP contribution is -2.49. The second kappa shape index (κ2) is 8.93. The van der Waals surface area contributed by atoms with Crippen molar-refractivity contribution < 1.29 is 44.7 Å². The Balaban J connectivity index is 1.69. The number of nitrogens with zero attached hydrogens (tertiary/aromatic N) is 1. The molecule has 1 aliphatic carbocycles. The van der Waals surface area contributed by atoms with E-state index in [0.29, 0.717) is 17.7 Å². The number of sulfone groups is 1. The molecular formula is C20H18F6N2O4S. The van der Waals surface area contributed by atoms with Crippen LogP contribution in [0.1, 0.15) is 24.0 Å². The fourth-order valence-electron chi connectivity index (χ4n) is 3.07. The van der Waals surface area contributed by atoms with E-state index in [1.807, 2.05) is 0 Å². The van der Waals surface area contributed by atoms with E-state index < -0.39 is 45.3 Å². The van der Waals surface area contributed by atoms with E-state index in [4.69, 9.17) is 0 Å². The Morgan fingerprint density at radius 1 is 1.18 bits per heavy atom. The molecule has 1 aromatic heterocycles. The molecule has 1 unspecified atom stereocenters. The topological polar surface area (TPSA) is 96.4 Å². The number of hydrogen-bond acceptors (Lipinski definition) is 5. The molecule has 1 saturated carbocycles. The minimum absolute atomic E-state index is 0.00356. The molecule has 0 spiro atoms. The zero-order chi connectivity index (χ0) is 24.6. The van der Waals surface area contributed by atoms with E-state index in [1.165, 1.54) is 18.3 Å². The van der Waals surface area contributed by atoms with Gasteiger partial charge < -0.3 is 10.4 Å². The quantitative estimate of drug-likeness (QED) is 0.545. The molecule has 2 aromatic rings. The Morgan fingerprint density at radius 3 is 2.33 bits per heavy atom. The summed E-state index contributed by atoms with van der Waals surface area (Å²) in [6.07, 6.45) is -7.67. The van der Waals surface area contributed by atoms with Crippen LogP contribution in [-0.4, -0.2) is 42.8 Å². The maximum Gasteiger partial charge on any atom is 0.427 e. The third-order valence-corrected chi connectivity index (χ3v) is 6.83. The summed E-state index contributed by atoms with van der Waals surface area (Å²) in [5.41, 5.74) is -6.43. The van der Waals surface area contributed by atoms with E-state index >= 15 is 0 Å². The lowest BCUT2D eigenvalue weighted by Gasteiger charge is -2.30. The van der Waals surface area contributed by atoms with E-state index in [2.05, 4.69) is 10.3 Å². The van der Waals surface area contributed by atoms with Crippen molar-refractivity contribution in [2.75, 3.05) is 11.1 Å². The lowest BCUT2D eigenvalue weighted by atomic mass is 9.92. The maximum atomic E-state index is 14.2. The smallest absolute Gasteiger partial charge is 0.372 e. The third kappa shape index (κ3) is 5.46. The van der Waals surface area contributed by atoms with Gasteiger partial charge in [-0.2, -0.15) is 13.2 Å². The van der Waals surface area contributed by atoms with Gasteiger partial charge in [0.15, 0.2) is 14.9 Å². The van der Waals surface area contributed by atoms with Gasteiger partial charge in [0.05, 0.1) is 12.2 Å². The fraction of sp³-hybridized carbons (Fsp3) is 0.400. The molecule has 13 heteroatoms. The first-order valence-corrected chi connectivity index (χ1v) is 11.2. The summed E-state index contributed by atoms with van der Waals surface area (Å²) in [7, 11) is -3.54. The average molecular weight is 496 g/mol. The summed E-state index contributed by atoms with van der Waals surface area (Å²) in [4.78, 5) is 16.0. The maximum absolute atomic E-state index is 14.2. The van der Waals surface area contributed by atoms with Crippen molar-refractivity contribution in [3.05, 3.63) is 53.5 Å². The minimum atomic E-state index is -5.85. The molecule has 1 amide bonds. The van der Waals surface area contributed by atoms with Gasteiger partial charge in [-0.1, -0.05) is 12.1 Å². The largest absolute Gasteiger partial charge is 0.427 e. The molecule has 1 heterocycles. The molecule has 0 saturated heterocycles. The second-order valence-corrected chi connectivity index (χ2v) is 9.69. The Morgan fingerprint density at radius 2 is 1.85 bits per heavy atom. The van der Waals surface area contributed by atoms with Gasteiger partial charge in [0.1, 0.15) is 5.82 Å². The Hall–Kier alpha value is -2.67. The summed E-state index contributed by atoms with van der Waals surface area (Å²) in [6, 6.07) is 4.03. The average Bonchev–Trinajstić information content (AvgIpc) is 3.50. The number of carbonyl (C=O) groups excluding carboxylic acids is 1. The van der Waals surface area contributed by atoms with Gasteiger partial charge in [0.25, 0.3) is 6.43 Å². The molecule has 1 aromatic carbocycles. The highest BCUT2D eigenvalue weighted by Gasteiger charge is 2.62. The van der Waals surface area contributed by atoms with Crippen molar-refractivity contribution in [2.45, 2.75) is 42.5 Å². The predicted octanol–water partition coefficient (Wildman–Crippen LogP) is 3.60. The van der Waals surface area contributed by atoms with E-state index in [0.717, 1.165) is 18.9 Å². The highest BCUT2D eigenvalue weighted by atomic mass is 32.2. The molecule has 0 radical (unpaired) electrons. The monoisotopic (exact) mass is 496 g/mol. The van der Waals surface area contributed by atoms with E-state index in [1.54, 1.807) is 0 Å². The fourth-order valence-corrected chi connectivity index (χ4v) is 4.68. The first-order valence-electron chi connectivity index (χ1n) is 9.59. The number of benzene rings is 1. The number of alkyl halides is 5. The van der Waals surface area contributed by atoms with Crippen LogP contribution in [0.4, 0.5) is 32.0 Å². The number of nitrogens with one attached hydrogen (secondary N) is 1. The van der Waals surface area contributed by atoms with Crippen LogP contribution in [0.25, 0.3) is 0 Å². The SMILES string of the molecule is O=C(Cc1ccc(S(=O)(=O)CC2CC2)nc1)Nc1ccc(C(O)(C(F)F)C(F)(F)F)c(F)c1. The van der Waals surface area contributed by atoms with Crippen LogP contribution in [0.3, 0.4) is 0 Å². The van der Waals surface area contributed by atoms with Gasteiger partial charge in [-0.3, -0.25) is 4.79 Å². The standard InChI is InChI=1S/C20H18F6N2O4S/c21-15-8-13(4-5-14(15)19(30,18(22)23)20(24,25)26)28-16(29)7-12-3-6-17(27-9-12)33(31,32)10-11-1-2-11/h3-6,8-9,11,18,30H,1-2,7,10H2,(H,28,29). The Kier molecular flexibility index (Phi) is 6.76. The molecule has 1 fully saturated rings. The van der Waals surface area contributed by atoms with Crippen molar-refractivity contribution in [3.8, 4) is 0 Å². The van der Waals surface area contributed by atoms with Crippen LogP contribution in [0.2, 0.25) is 0 Å². The van der Waals surface area contributed by atoms with Crippen LogP contribution in [0.15, 0.2) is 41.6 Å². The predicted molar refractivity (Wildman–Crippen MR) is 104 cm³/mol. The van der Waals surface area contributed by atoms with Gasteiger partial charge in [-0.15, -0.1) is 0 Å². The molecule has 0 bridgehead atoms. The molecule has 0 aliphatic heterocycles. The minimum Gasteiger partial charge on any atom is -0.372 e. The van der Waals surface area contributed by atoms with Gasteiger partial charge in [-0.05, 0) is 42.5 Å². The second-order valence-electron chi connectivity index (χ2n) is 7.71. The highest BCUT2D eigenvalue weighted by Crippen LogP contribution is 2.44. The van der Waals surface area contributed by atoms with Crippen molar-refractivity contribution >= 4 is 21.4 Å². The number of halogens is 6. The highest BCUT2D eigenvalue weighted by molar-refractivity contribution is 7.91. The van der Waals surface area contributed by atoms with Crippen LogP contribution in [0, 0.1) is 11.7 Å². The van der Waals surface area contributed by atoms with Crippen molar-refractivity contribution in [2.24, 2.45) is 5.92 Å². The zero-order valence-electron chi connectivity index (χ0n) is 16.7. The number of aromatic nitrogens is 1. The van der Waals surface area contributed by atoms with Gasteiger partial charge >= 0.3 is 6.18 Å². The summed E-state index contributed by atoms with van der Waals surface area (Å²) < 4.78 is 103. The molecule has 3 rings (SSSR count). The zero-order valence-corrected chi connectivity index (χ0v) is 17.6. The normalized spacial score (nSPS) is 16.5. The number of amides is 1. The molecular weight excluding hydrogens is 478 g/mol. The molecule has 33 heavy (non-hydrogen) atoms. The summed E-state index contributed by atoms with van der Waals surface area (Å²) in [5, 5.41) is 11.5. The van der Waals surface area contributed by atoms with Crippen LogP contribution in [0.5, 0.6) is 0 Å². The molecule has 2 N–H and O–H groups in total. The Bertz CT molecular complexity index is 1130. The summed E-state index contributed by atoms with van der Waals surface area (Å²) in [6.45, 7) is 0. The number of rotatable bonds is 8. The van der Waals surface area contributed by atoms with E-state index in [9.17, 15) is 44.7 Å². The number of pyridine rings is 1. The summed E-state index contributed by atoms with van der Waals surface area (Å²) >= 11 is 0. The molecule has 6 nitrogen and oxygen atoms in total. The van der Waals surface area contributed by atoms with Crippen LogP contribution >= 0.6 is 0 Å². The number of anilines is 1. The number of aliphatic hydroxyl groups is 1. The molecule has 1 aliphatic rings. The van der Waals surface area contributed by atoms with Gasteiger partial charge in [0.2, 0.25) is 11.5 Å². The first kappa shape index (κ1) is 25.0. The van der Waals surface area contributed by atoms with Gasteiger partial charge in [0, 0.05) is 17.4 Å². The van der Waals surface area contributed by atoms with Crippen molar-refractivity contribution in [1.29, 1.82) is 0 Å². The molecule has 180 valence electrons. The van der Waals surface area contributed by atoms with Crippen molar-refractivity contribution in [3.63, 3.8) is 0 Å². The number of carbonyl (C=O) groups is 1. The van der Waals surface area contributed by atoms with Gasteiger partial charge in [-0.25, -0.2) is 26.6 Å². The van der Waals surface area contributed by atoms with Crippen molar-refractivity contribution in [1.82, 2.24) is 4.98 Å².